The van der Waals surface area contributed by atoms with E-state index in [0.29, 0.717) is 36.0 Å². The molecule has 3 aliphatic rings. The van der Waals surface area contributed by atoms with Gasteiger partial charge in [-0.1, -0.05) is 45.1 Å². The van der Waals surface area contributed by atoms with E-state index in [1.807, 2.05) is 20.8 Å². The Morgan fingerprint density at radius 2 is 2.06 bits per heavy atom. The number of allylic oxidation sites excluding steroid dienone is 4. The van der Waals surface area contributed by atoms with Crippen LogP contribution < -0.4 is 0 Å². The minimum atomic E-state index is -0.594. The molecule has 9 atom stereocenters. The number of cyclic esters (lactones) is 1. The van der Waals surface area contributed by atoms with Crippen molar-refractivity contribution in [3.05, 3.63) is 24.3 Å². The molecule has 0 spiro atoms. The number of ether oxygens (including phenoxy) is 2. The van der Waals surface area contributed by atoms with Crippen LogP contribution in [0, 0.1) is 35.5 Å². The first-order valence-corrected chi connectivity index (χ1v) is 12.2. The summed E-state index contributed by atoms with van der Waals surface area (Å²) < 4.78 is 11.7. The molecule has 0 aromatic heterocycles. The Bertz CT molecular complexity index is 683. The summed E-state index contributed by atoms with van der Waals surface area (Å²) in [5, 5.41) is 9.95. The maximum atomic E-state index is 12.7. The van der Waals surface area contributed by atoms with Crippen molar-refractivity contribution in [3.63, 3.8) is 0 Å². The van der Waals surface area contributed by atoms with Crippen LogP contribution in [-0.2, 0) is 19.1 Å². The molecule has 2 fully saturated rings. The molecule has 1 N–H and O–H groups in total. The predicted molar refractivity (Wildman–Crippen MR) is 120 cm³/mol. The first-order valence-electron chi connectivity index (χ1n) is 12.2. The van der Waals surface area contributed by atoms with Crippen molar-refractivity contribution in [2.75, 3.05) is 0 Å². The maximum Gasteiger partial charge on any atom is 0.308 e. The van der Waals surface area contributed by atoms with E-state index in [2.05, 4.69) is 31.2 Å². The molecule has 1 aliphatic heterocycles. The lowest BCUT2D eigenvalue weighted by molar-refractivity contribution is -0.165. The van der Waals surface area contributed by atoms with E-state index in [4.69, 9.17) is 9.47 Å². The Morgan fingerprint density at radius 1 is 1.29 bits per heavy atom. The fourth-order valence-corrected chi connectivity index (χ4v) is 5.81. The van der Waals surface area contributed by atoms with Gasteiger partial charge in [-0.15, -0.1) is 0 Å². The SMILES string of the molecule is C/C=C\[C@@H]1C[C@H](OC(=O)[C@@H](C)CC)[C@@H]2[C@@H](CC[C@@H]3C[C@@H](O)CC(=O)O3)[C@@H](C)C=C[C@H]2C1. The molecular weight excluding hydrogens is 392 g/mol. The number of fused-ring (bicyclic) bond motifs is 1. The van der Waals surface area contributed by atoms with E-state index >= 15 is 0 Å². The molecular formula is C26H40O5. The van der Waals surface area contributed by atoms with Crippen molar-refractivity contribution >= 4 is 11.9 Å². The van der Waals surface area contributed by atoms with E-state index in [-0.39, 0.29) is 36.5 Å². The van der Waals surface area contributed by atoms with Crippen LogP contribution in [0.1, 0.15) is 72.6 Å². The lowest BCUT2D eigenvalue weighted by atomic mass is 9.60. The van der Waals surface area contributed by atoms with Crippen LogP contribution in [-0.4, -0.2) is 35.4 Å². The lowest BCUT2D eigenvalue weighted by Crippen LogP contribution is -2.46. The standard InChI is InChI=1S/C26H40O5/c1-5-7-18-12-19-9-8-17(4)22(11-10-21-14-20(27)15-24(28)30-21)25(19)23(13-18)31-26(29)16(3)6-2/h5,7-9,16-23,25,27H,6,10-15H2,1-4H3/b7-5-/t16-,17-,18-,19-,20+,21+,22-,23-,25-/m0/s1. The van der Waals surface area contributed by atoms with Crippen LogP contribution in [0.4, 0.5) is 0 Å². The Hall–Kier alpha value is -1.62. The van der Waals surface area contributed by atoms with Crippen LogP contribution >= 0.6 is 0 Å². The smallest absolute Gasteiger partial charge is 0.308 e. The summed E-state index contributed by atoms with van der Waals surface area (Å²) in [5.74, 6) is 1.39. The highest BCUT2D eigenvalue weighted by Gasteiger charge is 2.46. The number of carbonyl (C=O) groups excluding carboxylic acids is 2. The average Bonchev–Trinajstić information content (AvgIpc) is 2.72. The number of aliphatic hydroxyl groups is 1. The third kappa shape index (κ3) is 6.00. The fraction of sp³-hybridized carbons (Fsp3) is 0.769. The molecule has 174 valence electrons. The summed E-state index contributed by atoms with van der Waals surface area (Å²) in [5.41, 5.74) is 0. The van der Waals surface area contributed by atoms with E-state index < -0.39 is 6.10 Å². The van der Waals surface area contributed by atoms with Gasteiger partial charge in [-0.3, -0.25) is 9.59 Å². The Balaban J connectivity index is 1.76. The van der Waals surface area contributed by atoms with Gasteiger partial charge in [-0.25, -0.2) is 0 Å². The quantitative estimate of drug-likeness (QED) is 0.461. The molecule has 0 bridgehead atoms. The molecule has 0 aromatic carbocycles. The van der Waals surface area contributed by atoms with Crippen molar-refractivity contribution in [1.82, 2.24) is 0 Å². The number of aliphatic hydroxyl groups excluding tert-OH is 1. The van der Waals surface area contributed by atoms with Gasteiger partial charge in [0.15, 0.2) is 0 Å². The largest absolute Gasteiger partial charge is 0.462 e. The van der Waals surface area contributed by atoms with E-state index in [1.54, 1.807) is 0 Å². The number of hydrogen-bond donors (Lipinski definition) is 1. The molecule has 1 saturated carbocycles. The lowest BCUT2D eigenvalue weighted by Gasteiger charge is -2.48. The monoisotopic (exact) mass is 432 g/mol. The predicted octanol–water partition coefficient (Wildman–Crippen LogP) is 4.83. The second kappa shape index (κ2) is 10.8. The van der Waals surface area contributed by atoms with Crippen molar-refractivity contribution < 1.29 is 24.2 Å². The zero-order valence-electron chi connectivity index (χ0n) is 19.5. The summed E-state index contributed by atoms with van der Waals surface area (Å²) in [6, 6.07) is 0. The Morgan fingerprint density at radius 3 is 2.74 bits per heavy atom. The minimum Gasteiger partial charge on any atom is -0.462 e. The minimum absolute atomic E-state index is 0.0845. The zero-order valence-corrected chi connectivity index (χ0v) is 19.5. The second-order valence-electron chi connectivity index (χ2n) is 9.97. The molecule has 5 heteroatoms. The van der Waals surface area contributed by atoms with E-state index in [0.717, 1.165) is 32.1 Å². The van der Waals surface area contributed by atoms with Gasteiger partial charge in [-0.05, 0) is 62.7 Å². The van der Waals surface area contributed by atoms with Crippen molar-refractivity contribution in [1.29, 1.82) is 0 Å². The number of hydrogen-bond acceptors (Lipinski definition) is 5. The third-order valence-corrected chi connectivity index (χ3v) is 7.67. The highest BCUT2D eigenvalue weighted by atomic mass is 16.5. The molecule has 31 heavy (non-hydrogen) atoms. The van der Waals surface area contributed by atoms with Gasteiger partial charge >= 0.3 is 11.9 Å². The van der Waals surface area contributed by atoms with Gasteiger partial charge < -0.3 is 14.6 Å². The van der Waals surface area contributed by atoms with Gasteiger partial charge in [0.2, 0.25) is 0 Å². The molecule has 5 nitrogen and oxygen atoms in total. The summed E-state index contributed by atoms with van der Waals surface area (Å²) in [6.45, 7) is 8.25. The van der Waals surface area contributed by atoms with Gasteiger partial charge in [0.25, 0.3) is 0 Å². The summed E-state index contributed by atoms with van der Waals surface area (Å²) >= 11 is 0. The van der Waals surface area contributed by atoms with Crippen LogP contribution in [0.2, 0.25) is 0 Å². The highest BCUT2D eigenvalue weighted by molar-refractivity contribution is 5.72. The fourth-order valence-electron chi connectivity index (χ4n) is 5.81. The number of rotatable bonds is 7. The topological polar surface area (TPSA) is 72.8 Å². The molecule has 0 aromatic rings. The first-order chi connectivity index (χ1) is 14.8. The number of carbonyl (C=O) groups is 2. The molecule has 1 heterocycles. The molecule has 1 saturated heterocycles. The molecule has 0 unspecified atom stereocenters. The molecule has 0 radical (unpaired) electrons. The van der Waals surface area contributed by atoms with Crippen LogP contribution in [0.5, 0.6) is 0 Å². The van der Waals surface area contributed by atoms with Crippen molar-refractivity contribution in [3.8, 4) is 0 Å². The van der Waals surface area contributed by atoms with Gasteiger partial charge in [0, 0.05) is 12.3 Å². The van der Waals surface area contributed by atoms with Gasteiger partial charge in [0.05, 0.1) is 18.4 Å². The zero-order chi connectivity index (χ0) is 22.5. The summed E-state index contributed by atoms with van der Waals surface area (Å²) in [7, 11) is 0. The van der Waals surface area contributed by atoms with Gasteiger partial charge in [-0.2, -0.15) is 0 Å². The van der Waals surface area contributed by atoms with Crippen molar-refractivity contribution in [2.24, 2.45) is 35.5 Å². The molecule has 0 amide bonds. The maximum absolute atomic E-state index is 12.7. The summed E-state index contributed by atoms with van der Waals surface area (Å²) in [4.78, 5) is 24.4. The highest BCUT2D eigenvalue weighted by Crippen LogP contribution is 2.48. The first kappa shape index (κ1) is 24.0. The van der Waals surface area contributed by atoms with Gasteiger partial charge in [0.1, 0.15) is 12.2 Å². The second-order valence-corrected chi connectivity index (χ2v) is 9.97. The Labute approximate surface area is 187 Å². The summed E-state index contributed by atoms with van der Waals surface area (Å²) in [6.07, 6.45) is 13.2. The third-order valence-electron chi connectivity index (χ3n) is 7.67. The van der Waals surface area contributed by atoms with Crippen molar-refractivity contribution in [2.45, 2.75) is 91.0 Å². The Kier molecular flexibility index (Phi) is 8.37. The van der Waals surface area contributed by atoms with Crippen LogP contribution in [0.3, 0.4) is 0 Å². The molecule has 3 rings (SSSR count). The van der Waals surface area contributed by atoms with E-state index in [9.17, 15) is 14.7 Å². The number of esters is 2. The average molecular weight is 433 g/mol. The van der Waals surface area contributed by atoms with Crippen LogP contribution in [0.25, 0.3) is 0 Å². The normalized spacial score (nSPS) is 39.1. The van der Waals surface area contributed by atoms with Crippen LogP contribution in [0.15, 0.2) is 24.3 Å². The van der Waals surface area contributed by atoms with E-state index in [1.165, 1.54) is 0 Å². The molecule has 2 aliphatic carbocycles.